The minimum Gasteiger partial charge on any atom is -0.391 e. The standard InChI is InChI=1S/C11H13N3OS/c1-6-5-7(12)16-8(6)9-13-10(14-15-9)11(2)3-4-11/h5H,3-4,12H2,1-2H3. The van der Waals surface area contributed by atoms with Crippen LogP contribution < -0.4 is 5.73 Å². The molecule has 0 aromatic carbocycles. The second-order valence-electron chi connectivity index (χ2n) is 4.64. The highest BCUT2D eigenvalue weighted by molar-refractivity contribution is 7.19. The Morgan fingerprint density at radius 2 is 2.25 bits per heavy atom. The van der Waals surface area contributed by atoms with Crippen LogP contribution in [0.5, 0.6) is 0 Å². The van der Waals surface area contributed by atoms with Gasteiger partial charge in [-0.05, 0) is 31.4 Å². The van der Waals surface area contributed by atoms with E-state index in [1.165, 1.54) is 11.3 Å². The van der Waals surface area contributed by atoms with Crippen molar-refractivity contribution in [3.8, 4) is 10.8 Å². The van der Waals surface area contributed by atoms with Gasteiger partial charge in [0.05, 0.1) is 9.88 Å². The molecule has 0 saturated heterocycles. The van der Waals surface area contributed by atoms with Crippen molar-refractivity contribution in [2.45, 2.75) is 32.1 Å². The molecule has 1 aliphatic carbocycles. The third kappa shape index (κ3) is 1.43. The second kappa shape index (κ2) is 3.07. The van der Waals surface area contributed by atoms with E-state index in [2.05, 4.69) is 17.1 Å². The molecule has 0 amide bonds. The van der Waals surface area contributed by atoms with Crippen LogP contribution in [-0.2, 0) is 5.41 Å². The predicted molar refractivity (Wildman–Crippen MR) is 63.3 cm³/mol. The Labute approximate surface area is 97.5 Å². The molecule has 2 aromatic heterocycles. The molecular formula is C11H13N3OS. The number of nitrogen functional groups attached to an aromatic ring is 1. The third-order valence-corrected chi connectivity index (χ3v) is 4.15. The van der Waals surface area contributed by atoms with E-state index in [4.69, 9.17) is 10.3 Å². The average molecular weight is 235 g/mol. The van der Waals surface area contributed by atoms with Crippen molar-refractivity contribution in [1.29, 1.82) is 0 Å². The maximum absolute atomic E-state index is 5.75. The van der Waals surface area contributed by atoms with Crippen LogP contribution in [0.4, 0.5) is 5.00 Å². The van der Waals surface area contributed by atoms with Crippen molar-refractivity contribution in [3.63, 3.8) is 0 Å². The van der Waals surface area contributed by atoms with E-state index in [-0.39, 0.29) is 5.41 Å². The quantitative estimate of drug-likeness (QED) is 0.869. The summed E-state index contributed by atoms with van der Waals surface area (Å²) in [6.07, 6.45) is 2.30. The monoisotopic (exact) mass is 235 g/mol. The van der Waals surface area contributed by atoms with Gasteiger partial charge in [-0.1, -0.05) is 12.1 Å². The molecule has 84 valence electrons. The van der Waals surface area contributed by atoms with E-state index in [0.29, 0.717) is 5.89 Å². The van der Waals surface area contributed by atoms with Gasteiger partial charge < -0.3 is 10.3 Å². The smallest absolute Gasteiger partial charge is 0.268 e. The zero-order chi connectivity index (χ0) is 11.3. The number of aromatic nitrogens is 2. The molecule has 2 N–H and O–H groups in total. The van der Waals surface area contributed by atoms with Gasteiger partial charge in [0, 0.05) is 5.41 Å². The zero-order valence-corrected chi connectivity index (χ0v) is 10.1. The molecule has 0 radical (unpaired) electrons. The minimum atomic E-state index is 0.151. The van der Waals surface area contributed by atoms with Gasteiger partial charge >= 0.3 is 0 Å². The number of hydrogen-bond acceptors (Lipinski definition) is 5. The topological polar surface area (TPSA) is 64.9 Å². The lowest BCUT2D eigenvalue weighted by molar-refractivity contribution is 0.416. The van der Waals surface area contributed by atoms with Crippen molar-refractivity contribution in [1.82, 2.24) is 10.1 Å². The fraction of sp³-hybridized carbons (Fsp3) is 0.455. The normalized spacial score (nSPS) is 17.6. The van der Waals surface area contributed by atoms with Gasteiger partial charge in [-0.2, -0.15) is 4.98 Å². The van der Waals surface area contributed by atoms with Crippen LogP contribution in [0.25, 0.3) is 10.8 Å². The maximum atomic E-state index is 5.75. The summed E-state index contributed by atoms with van der Waals surface area (Å²) >= 11 is 1.49. The van der Waals surface area contributed by atoms with Crippen LogP contribution >= 0.6 is 11.3 Å². The number of anilines is 1. The number of thiophene rings is 1. The number of rotatable bonds is 2. The van der Waals surface area contributed by atoms with Gasteiger partial charge in [0.2, 0.25) is 0 Å². The number of nitrogens with zero attached hydrogens (tertiary/aromatic N) is 2. The Kier molecular flexibility index (Phi) is 1.89. The fourth-order valence-corrected chi connectivity index (χ4v) is 2.55. The molecule has 4 nitrogen and oxygen atoms in total. The lowest BCUT2D eigenvalue weighted by Gasteiger charge is -1.96. The Morgan fingerprint density at radius 1 is 1.50 bits per heavy atom. The molecule has 5 heteroatoms. The van der Waals surface area contributed by atoms with Crippen LogP contribution in [0.3, 0.4) is 0 Å². The van der Waals surface area contributed by atoms with Gasteiger partial charge in [-0.15, -0.1) is 11.3 Å². The summed E-state index contributed by atoms with van der Waals surface area (Å²) in [6.45, 7) is 4.17. The number of nitrogens with two attached hydrogens (primary N) is 1. The summed E-state index contributed by atoms with van der Waals surface area (Å²) in [5, 5.41) is 4.84. The van der Waals surface area contributed by atoms with E-state index < -0.39 is 0 Å². The van der Waals surface area contributed by atoms with Crippen molar-refractivity contribution >= 4 is 16.3 Å². The van der Waals surface area contributed by atoms with Crippen LogP contribution in [0.2, 0.25) is 0 Å². The predicted octanol–water partition coefficient (Wildman–Crippen LogP) is 2.74. The van der Waals surface area contributed by atoms with E-state index in [1.807, 2.05) is 13.0 Å². The van der Waals surface area contributed by atoms with Crippen molar-refractivity contribution in [3.05, 3.63) is 17.5 Å². The number of aryl methyl sites for hydroxylation is 1. The minimum absolute atomic E-state index is 0.151. The van der Waals surface area contributed by atoms with Crippen LogP contribution in [-0.4, -0.2) is 10.1 Å². The Bertz CT molecular complexity index is 539. The first kappa shape index (κ1) is 9.84. The largest absolute Gasteiger partial charge is 0.391 e. The van der Waals surface area contributed by atoms with Gasteiger partial charge in [0.1, 0.15) is 0 Å². The molecule has 0 spiro atoms. The second-order valence-corrected chi connectivity index (χ2v) is 5.73. The van der Waals surface area contributed by atoms with E-state index in [0.717, 1.165) is 34.1 Å². The summed E-state index contributed by atoms with van der Waals surface area (Å²) in [7, 11) is 0. The zero-order valence-electron chi connectivity index (χ0n) is 9.28. The van der Waals surface area contributed by atoms with E-state index in [1.54, 1.807) is 0 Å². The Morgan fingerprint density at radius 3 is 2.81 bits per heavy atom. The summed E-state index contributed by atoms with van der Waals surface area (Å²) in [5.74, 6) is 1.43. The molecule has 0 bridgehead atoms. The molecule has 0 unspecified atom stereocenters. The average Bonchev–Trinajstić information content (AvgIpc) is 2.70. The summed E-state index contributed by atoms with van der Waals surface area (Å²) in [4.78, 5) is 5.45. The Hall–Kier alpha value is -1.36. The summed E-state index contributed by atoms with van der Waals surface area (Å²) in [5.41, 5.74) is 7.00. The highest BCUT2D eigenvalue weighted by atomic mass is 32.1. The van der Waals surface area contributed by atoms with Crippen LogP contribution in [0, 0.1) is 6.92 Å². The lowest BCUT2D eigenvalue weighted by atomic mass is 10.1. The van der Waals surface area contributed by atoms with E-state index in [9.17, 15) is 0 Å². The first-order valence-electron chi connectivity index (χ1n) is 5.29. The summed E-state index contributed by atoms with van der Waals surface area (Å²) in [6, 6.07) is 1.93. The first-order valence-corrected chi connectivity index (χ1v) is 6.11. The lowest BCUT2D eigenvalue weighted by Crippen LogP contribution is -2.01. The Balaban J connectivity index is 2.01. The molecule has 2 aromatic rings. The maximum Gasteiger partial charge on any atom is 0.268 e. The van der Waals surface area contributed by atoms with Crippen LogP contribution in [0.15, 0.2) is 10.6 Å². The van der Waals surface area contributed by atoms with Crippen molar-refractivity contribution in [2.24, 2.45) is 0 Å². The first-order chi connectivity index (χ1) is 7.58. The molecule has 0 aliphatic heterocycles. The molecule has 1 saturated carbocycles. The number of hydrogen-bond donors (Lipinski definition) is 1. The molecule has 1 fully saturated rings. The SMILES string of the molecule is Cc1cc(N)sc1-c1nc(C2(C)CC2)no1. The van der Waals surface area contributed by atoms with Crippen molar-refractivity contribution < 1.29 is 4.52 Å². The summed E-state index contributed by atoms with van der Waals surface area (Å²) < 4.78 is 5.31. The molecule has 0 atom stereocenters. The van der Waals surface area contributed by atoms with Gasteiger partial charge in [0.25, 0.3) is 5.89 Å². The highest BCUT2D eigenvalue weighted by Crippen LogP contribution is 2.46. The molecular weight excluding hydrogens is 222 g/mol. The third-order valence-electron chi connectivity index (χ3n) is 3.10. The fourth-order valence-electron chi connectivity index (χ4n) is 1.69. The van der Waals surface area contributed by atoms with Crippen LogP contribution in [0.1, 0.15) is 31.2 Å². The van der Waals surface area contributed by atoms with Crippen molar-refractivity contribution in [2.75, 3.05) is 5.73 Å². The van der Waals surface area contributed by atoms with E-state index >= 15 is 0 Å². The van der Waals surface area contributed by atoms with Gasteiger partial charge in [-0.3, -0.25) is 0 Å². The molecule has 1 aliphatic rings. The van der Waals surface area contributed by atoms with Gasteiger partial charge in [-0.25, -0.2) is 0 Å². The van der Waals surface area contributed by atoms with Gasteiger partial charge in [0.15, 0.2) is 5.82 Å². The molecule has 2 heterocycles. The highest BCUT2D eigenvalue weighted by Gasteiger charge is 2.43. The molecule has 16 heavy (non-hydrogen) atoms. The molecule has 3 rings (SSSR count).